The highest BCUT2D eigenvalue weighted by atomic mass is 35.5. The molecule has 3 heterocycles. The quantitative estimate of drug-likeness (QED) is 0.328. The van der Waals surface area contributed by atoms with Crippen LogP contribution in [0.25, 0.3) is 0 Å². The molecule has 0 bridgehead atoms. The maximum atomic E-state index is 14.8. The fourth-order valence-corrected chi connectivity index (χ4v) is 7.27. The van der Waals surface area contributed by atoms with Crippen LogP contribution in [0.3, 0.4) is 0 Å². The first kappa shape index (κ1) is 37.6. The van der Waals surface area contributed by atoms with Crippen molar-refractivity contribution in [1.82, 2.24) is 15.1 Å². The van der Waals surface area contributed by atoms with Crippen molar-refractivity contribution >= 4 is 35.2 Å². The normalized spacial score (nSPS) is 19.8. The third kappa shape index (κ3) is 7.65. The first-order chi connectivity index (χ1) is 23.3. The van der Waals surface area contributed by atoms with Gasteiger partial charge in [0.1, 0.15) is 5.60 Å². The van der Waals surface area contributed by atoms with E-state index in [1.165, 1.54) is 18.2 Å². The van der Waals surface area contributed by atoms with E-state index in [1.807, 2.05) is 6.07 Å². The van der Waals surface area contributed by atoms with Crippen LogP contribution >= 0.6 is 11.6 Å². The summed E-state index contributed by atoms with van der Waals surface area (Å²) in [5.74, 6) is -7.24. The summed E-state index contributed by atoms with van der Waals surface area (Å²) in [4.78, 5) is 43.0. The number of hydrogen-bond donors (Lipinski definition) is 2. The predicted molar refractivity (Wildman–Crippen MR) is 176 cm³/mol. The van der Waals surface area contributed by atoms with Gasteiger partial charge in [-0.15, -0.1) is 0 Å². The third-order valence-electron chi connectivity index (χ3n) is 9.78. The van der Waals surface area contributed by atoms with Gasteiger partial charge in [-0.1, -0.05) is 41.9 Å². The second-order valence-electron chi connectivity index (χ2n) is 14.3. The average molecular weight is 729 g/mol. The Bertz CT molecular complexity index is 1550. The minimum Gasteiger partial charge on any atom is -0.444 e. The number of halogens is 6. The van der Waals surface area contributed by atoms with Crippen molar-refractivity contribution in [1.29, 1.82) is 0 Å². The molecule has 3 fully saturated rings. The van der Waals surface area contributed by atoms with E-state index in [2.05, 4.69) is 10.2 Å². The van der Waals surface area contributed by atoms with Crippen molar-refractivity contribution in [3.63, 3.8) is 0 Å². The zero-order valence-electron chi connectivity index (χ0n) is 28.1. The van der Waals surface area contributed by atoms with Gasteiger partial charge in [0, 0.05) is 45.0 Å². The largest absolute Gasteiger partial charge is 0.457 e. The molecule has 2 aromatic carbocycles. The summed E-state index contributed by atoms with van der Waals surface area (Å²) >= 11 is 6.55. The number of aliphatic hydroxyl groups is 1. The second-order valence-corrected chi connectivity index (χ2v) is 14.7. The minimum absolute atomic E-state index is 0.0489. The summed E-state index contributed by atoms with van der Waals surface area (Å²) in [5, 5.41) is 13.9. The number of nitrogens with zero attached hydrogens (tertiary/aromatic N) is 3. The lowest BCUT2D eigenvalue weighted by Gasteiger charge is -2.44. The number of benzene rings is 2. The summed E-state index contributed by atoms with van der Waals surface area (Å²) in [6, 6.07) is 10.6. The molecule has 0 aromatic heterocycles. The molecule has 3 aliphatic rings. The lowest BCUT2D eigenvalue weighted by molar-refractivity contribution is -0.339. The molecule has 0 saturated carbocycles. The SMILES string of the molecule is CC(C)(C)OC(=O)NC1CN(C(=O)c2ccc(N3CCC(C4CCN(C(=O)C(O)(c5ccccc5)C(F)(F)C(F)(F)F)CC4)CC3)cc2Cl)C1. The number of nitrogens with one attached hydrogen (secondary N) is 1. The average Bonchev–Trinajstić information content (AvgIpc) is 3.04. The van der Waals surface area contributed by atoms with Crippen LogP contribution in [0.2, 0.25) is 5.02 Å². The molecule has 0 radical (unpaired) electrons. The number of piperidine rings is 2. The van der Waals surface area contributed by atoms with E-state index in [0.29, 0.717) is 49.6 Å². The fourth-order valence-electron chi connectivity index (χ4n) is 7.01. The van der Waals surface area contributed by atoms with Crippen molar-refractivity contribution < 1.29 is 46.2 Å². The van der Waals surface area contributed by atoms with Gasteiger partial charge in [-0.25, -0.2) is 4.79 Å². The molecule has 1 atom stereocenters. The van der Waals surface area contributed by atoms with E-state index in [1.54, 1.807) is 37.8 Å². The van der Waals surface area contributed by atoms with Crippen LogP contribution in [0, 0.1) is 11.8 Å². The number of carbonyl (C=O) groups excluding carboxylic acids is 3. The van der Waals surface area contributed by atoms with Crippen molar-refractivity contribution in [2.75, 3.05) is 44.2 Å². The first-order valence-electron chi connectivity index (χ1n) is 16.7. The number of anilines is 1. The molecule has 2 aromatic rings. The number of likely N-dealkylation sites (tertiary alicyclic amines) is 2. The molecule has 3 saturated heterocycles. The van der Waals surface area contributed by atoms with Gasteiger partial charge in [0.15, 0.2) is 0 Å². The van der Waals surface area contributed by atoms with Crippen LogP contribution in [-0.4, -0.2) is 95.8 Å². The van der Waals surface area contributed by atoms with Crippen LogP contribution in [-0.2, 0) is 15.1 Å². The highest BCUT2D eigenvalue weighted by molar-refractivity contribution is 6.34. The molecule has 3 amide bonds. The molecule has 9 nitrogen and oxygen atoms in total. The van der Waals surface area contributed by atoms with E-state index in [-0.39, 0.29) is 36.9 Å². The Balaban J connectivity index is 1.12. The van der Waals surface area contributed by atoms with Gasteiger partial charge in [-0.05, 0) is 82.1 Å². The summed E-state index contributed by atoms with van der Waals surface area (Å²) in [5.41, 5.74) is -4.33. The predicted octanol–water partition coefficient (Wildman–Crippen LogP) is 6.23. The molecule has 15 heteroatoms. The van der Waals surface area contributed by atoms with Crippen LogP contribution in [0.5, 0.6) is 0 Å². The lowest BCUT2D eigenvalue weighted by atomic mass is 9.78. The Morgan fingerprint density at radius 2 is 1.40 bits per heavy atom. The summed E-state index contributed by atoms with van der Waals surface area (Å²) in [7, 11) is 0. The number of ether oxygens (including phenoxy) is 1. The zero-order valence-corrected chi connectivity index (χ0v) is 28.9. The number of hydrogen-bond acceptors (Lipinski definition) is 6. The van der Waals surface area contributed by atoms with Crippen molar-refractivity contribution in [3.8, 4) is 0 Å². The van der Waals surface area contributed by atoms with Crippen molar-refractivity contribution in [2.24, 2.45) is 11.8 Å². The molecular formula is C35H42ClF5N4O5. The second kappa shape index (κ2) is 14.2. The molecule has 5 rings (SSSR count). The molecule has 0 aliphatic carbocycles. The Kier molecular flexibility index (Phi) is 10.7. The molecule has 2 N–H and O–H groups in total. The van der Waals surface area contributed by atoms with E-state index < -0.39 is 40.9 Å². The molecule has 0 spiro atoms. The monoisotopic (exact) mass is 728 g/mol. The van der Waals surface area contributed by atoms with Gasteiger partial charge in [0.2, 0.25) is 5.60 Å². The highest BCUT2D eigenvalue weighted by Crippen LogP contribution is 2.50. The van der Waals surface area contributed by atoms with Crippen molar-refractivity contribution in [3.05, 3.63) is 64.7 Å². The summed E-state index contributed by atoms with van der Waals surface area (Å²) in [6.45, 7) is 7.25. The van der Waals surface area contributed by atoms with E-state index >= 15 is 0 Å². The number of amides is 3. The fraction of sp³-hybridized carbons (Fsp3) is 0.571. The molecule has 1 unspecified atom stereocenters. The van der Waals surface area contributed by atoms with E-state index in [9.17, 15) is 41.4 Å². The van der Waals surface area contributed by atoms with Gasteiger partial charge >= 0.3 is 18.2 Å². The van der Waals surface area contributed by atoms with Gasteiger partial charge in [0.05, 0.1) is 16.6 Å². The summed E-state index contributed by atoms with van der Waals surface area (Å²) < 4.78 is 75.3. The number of carbonyl (C=O) groups is 3. The standard InChI is InChI=1S/C35H42ClF5N4O5/c1-32(2,3)50-31(48)42-25-20-45(21-25)29(46)27-10-9-26(19-28(27)36)43-15-11-22(12-16-43)23-13-17-44(18-14-23)30(47)33(49,24-7-5-4-6-8-24)34(37,38)35(39,40)41/h4-10,19,22-23,25,49H,11-18,20-21H2,1-3H3,(H,42,48). The topological polar surface area (TPSA) is 102 Å². The smallest absolute Gasteiger partial charge is 0.444 e. The van der Waals surface area contributed by atoms with E-state index in [0.717, 1.165) is 35.6 Å². The van der Waals surface area contributed by atoms with Crippen LogP contribution in [0.4, 0.5) is 32.4 Å². The zero-order chi connectivity index (χ0) is 36.6. The molecule has 3 aliphatic heterocycles. The maximum absolute atomic E-state index is 14.8. The Hall–Kier alpha value is -3.65. The molecule has 274 valence electrons. The Morgan fingerprint density at radius 1 is 0.840 bits per heavy atom. The van der Waals surface area contributed by atoms with Crippen LogP contribution < -0.4 is 10.2 Å². The summed E-state index contributed by atoms with van der Waals surface area (Å²) in [6.07, 6.45) is -4.29. The molecular weight excluding hydrogens is 687 g/mol. The number of alkyl halides is 5. The van der Waals surface area contributed by atoms with Crippen LogP contribution in [0.1, 0.15) is 62.4 Å². The number of rotatable bonds is 7. The third-order valence-corrected chi connectivity index (χ3v) is 10.1. The van der Waals surface area contributed by atoms with Gasteiger partial charge in [0.25, 0.3) is 11.8 Å². The number of alkyl carbamates (subject to hydrolysis) is 1. The van der Waals surface area contributed by atoms with Gasteiger partial charge in [-0.3, -0.25) is 9.59 Å². The minimum atomic E-state index is -6.15. The van der Waals surface area contributed by atoms with E-state index in [4.69, 9.17) is 16.3 Å². The van der Waals surface area contributed by atoms with Gasteiger partial charge in [-0.2, -0.15) is 22.0 Å². The van der Waals surface area contributed by atoms with Crippen LogP contribution in [0.15, 0.2) is 48.5 Å². The Morgan fingerprint density at radius 3 is 1.92 bits per heavy atom. The maximum Gasteiger partial charge on any atom is 0.457 e. The Labute approximate surface area is 292 Å². The molecule has 50 heavy (non-hydrogen) atoms. The van der Waals surface area contributed by atoms with Gasteiger partial charge < -0.3 is 29.9 Å². The lowest BCUT2D eigenvalue weighted by Crippen LogP contribution is -2.63. The van der Waals surface area contributed by atoms with Crippen molar-refractivity contribution in [2.45, 2.75) is 75.8 Å². The first-order valence-corrected chi connectivity index (χ1v) is 17.0. The highest BCUT2D eigenvalue weighted by Gasteiger charge is 2.74.